The minimum absolute atomic E-state index is 0.163. The standard InChI is InChI=1S/C21H26N2O3S/c1-20(2)13-23(19(24)21(3)9-10-21)11-17(26-20)18-22-15(12-27-18)14-7-5-6-8-16(14)25-4/h5-8,12,17H,9-11,13H2,1-4H3. The Morgan fingerprint density at radius 3 is 2.74 bits per heavy atom. The van der Waals surface area contributed by atoms with E-state index in [1.165, 1.54) is 0 Å². The number of rotatable bonds is 4. The van der Waals surface area contributed by atoms with E-state index in [4.69, 9.17) is 14.5 Å². The summed E-state index contributed by atoms with van der Waals surface area (Å²) in [5, 5.41) is 2.94. The lowest BCUT2D eigenvalue weighted by Gasteiger charge is -2.43. The number of carbonyl (C=O) groups is 1. The van der Waals surface area contributed by atoms with Gasteiger partial charge in [0, 0.05) is 22.9 Å². The van der Waals surface area contributed by atoms with Crippen molar-refractivity contribution in [3.8, 4) is 17.0 Å². The average molecular weight is 387 g/mol. The van der Waals surface area contributed by atoms with E-state index >= 15 is 0 Å². The van der Waals surface area contributed by atoms with Crippen LogP contribution in [0, 0.1) is 5.41 Å². The molecule has 0 bridgehead atoms. The summed E-state index contributed by atoms with van der Waals surface area (Å²) >= 11 is 1.58. The number of amides is 1. The number of methoxy groups -OCH3 is 1. The fourth-order valence-electron chi connectivity index (χ4n) is 3.67. The topological polar surface area (TPSA) is 51.7 Å². The second kappa shape index (κ2) is 6.60. The zero-order chi connectivity index (χ0) is 19.2. The number of nitrogens with zero attached hydrogens (tertiary/aromatic N) is 2. The van der Waals surface area contributed by atoms with Gasteiger partial charge in [-0.25, -0.2) is 4.98 Å². The maximum atomic E-state index is 12.9. The van der Waals surface area contributed by atoms with Crippen molar-refractivity contribution in [3.63, 3.8) is 0 Å². The Morgan fingerprint density at radius 2 is 2.04 bits per heavy atom. The van der Waals surface area contributed by atoms with Gasteiger partial charge in [-0.1, -0.05) is 19.1 Å². The molecule has 0 N–H and O–H groups in total. The van der Waals surface area contributed by atoms with Gasteiger partial charge in [-0.05, 0) is 38.8 Å². The van der Waals surface area contributed by atoms with Crippen LogP contribution in [0.2, 0.25) is 0 Å². The Labute approximate surface area is 164 Å². The molecule has 1 saturated carbocycles. The molecule has 1 saturated heterocycles. The molecule has 2 heterocycles. The van der Waals surface area contributed by atoms with Crippen molar-refractivity contribution >= 4 is 17.2 Å². The fraction of sp³-hybridized carbons (Fsp3) is 0.524. The Bertz CT molecular complexity index is 857. The van der Waals surface area contributed by atoms with Crippen LogP contribution in [-0.4, -0.2) is 41.6 Å². The van der Waals surface area contributed by atoms with Crippen LogP contribution in [0.3, 0.4) is 0 Å². The van der Waals surface area contributed by atoms with E-state index in [0.717, 1.165) is 34.9 Å². The SMILES string of the molecule is COc1ccccc1-c1csc(C2CN(C(=O)C3(C)CC3)CC(C)(C)O2)n1. The molecule has 144 valence electrons. The monoisotopic (exact) mass is 386 g/mol. The van der Waals surface area contributed by atoms with E-state index in [1.807, 2.05) is 48.4 Å². The molecule has 1 unspecified atom stereocenters. The molecule has 2 aromatic rings. The molecule has 2 fully saturated rings. The zero-order valence-corrected chi connectivity index (χ0v) is 17.1. The zero-order valence-electron chi connectivity index (χ0n) is 16.3. The van der Waals surface area contributed by atoms with Crippen LogP contribution >= 0.6 is 11.3 Å². The highest BCUT2D eigenvalue weighted by Gasteiger charge is 2.49. The first-order chi connectivity index (χ1) is 12.8. The molecular weight excluding hydrogens is 360 g/mol. The lowest BCUT2D eigenvalue weighted by Crippen LogP contribution is -2.53. The van der Waals surface area contributed by atoms with Crippen molar-refractivity contribution in [2.75, 3.05) is 20.2 Å². The summed E-state index contributed by atoms with van der Waals surface area (Å²) in [7, 11) is 1.67. The Kier molecular flexibility index (Phi) is 4.51. The summed E-state index contributed by atoms with van der Waals surface area (Å²) in [5.74, 6) is 1.06. The Balaban J connectivity index is 1.59. The van der Waals surface area contributed by atoms with Crippen molar-refractivity contribution in [1.29, 1.82) is 0 Å². The van der Waals surface area contributed by atoms with Crippen molar-refractivity contribution < 1.29 is 14.3 Å². The van der Waals surface area contributed by atoms with Crippen molar-refractivity contribution in [2.45, 2.75) is 45.3 Å². The second-order valence-electron chi connectivity index (χ2n) is 8.38. The number of aromatic nitrogens is 1. The van der Waals surface area contributed by atoms with E-state index in [-0.39, 0.29) is 23.0 Å². The minimum atomic E-state index is -0.389. The summed E-state index contributed by atoms with van der Waals surface area (Å²) in [6.45, 7) is 7.35. The molecule has 1 aromatic carbocycles. The van der Waals surface area contributed by atoms with Gasteiger partial charge in [0.1, 0.15) is 16.9 Å². The molecule has 6 heteroatoms. The van der Waals surface area contributed by atoms with E-state index in [2.05, 4.69) is 6.92 Å². The number of hydrogen-bond acceptors (Lipinski definition) is 5. The van der Waals surface area contributed by atoms with Crippen LogP contribution in [0.1, 0.15) is 44.7 Å². The lowest BCUT2D eigenvalue weighted by atomic mass is 10.0. The summed E-state index contributed by atoms with van der Waals surface area (Å²) in [5.41, 5.74) is 1.30. The summed E-state index contributed by atoms with van der Waals surface area (Å²) in [6, 6.07) is 7.87. The molecule has 0 spiro atoms. The van der Waals surface area contributed by atoms with Gasteiger partial charge < -0.3 is 14.4 Å². The molecule has 27 heavy (non-hydrogen) atoms. The van der Waals surface area contributed by atoms with E-state index in [0.29, 0.717) is 13.1 Å². The molecule has 1 atom stereocenters. The van der Waals surface area contributed by atoms with E-state index in [9.17, 15) is 4.79 Å². The smallest absolute Gasteiger partial charge is 0.228 e. The predicted molar refractivity (Wildman–Crippen MR) is 106 cm³/mol. The molecule has 1 amide bonds. The maximum Gasteiger partial charge on any atom is 0.228 e. The quantitative estimate of drug-likeness (QED) is 0.786. The maximum absolute atomic E-state index is 12.9. The molecule has 1 aliphatic heterocycles. The normalized spacial score (nSPS) is 23.1. The minimum Gasteiger partial charge on any atom is -0.496 e. The van der Waals surface area contributed by atoms with Gasteiger partial charge in [-0.3, -0.25) is 4.79 Å². The molecule has 2 aliphatic rings. The van der Waals surface area contributed by atoms with Crippen molar-refractivity contribution in [3.05, 3.63) is 34.7 Å². The van der Waals surface area contributed by atoms with Gasteiger partial charge in [0.05, 0.1) is 24.9 Å². The number of morpholine rings is 1. The van der Waals surface area contributed by atoms with Crippen LogP contribution in [0.5, 0.6) is 5.75 Å². The average Bonchev–Trinajstić information content (AvgIpc) is 3.20. The largest absolute Gasteiger partial charge is 0.496 e. The molecule has 5 nitrogen and oxygen atoms in total. The van der Waals surface area contributed by atoms with Crippen molar-refractivity contribution in [2.24, 2.45) is 5.41 Å². The number of thiazole rings is 1. The van der Waals surface area contributed by atoms with Gasteiger partial charge >= 0.3 is 0 Å². The highest BCUT2D eigenvalue weighted by Crippen LogP contribution is 2.48. The van der Waals surface area contributed by atoms with Gasteiger partial charge in [0.2, 0.25) is 5.91 Å². The van der Waals surface area contributed by atoms with Crippen molar-refractivity contribution in [1.82, 2.24) is 9.88 Å². The van der Waals surface area contributed by atoms with E-state index < -0.39 is 0 Å². The number of ether oxygens (including phenoxy) is 2. The molecule has 4 rings (SSSR count). The summed E-state index contributed by atoms with van der Waals surface area (Å²) in [4.78, 5) is 19.7. The van der Waals surface area contributed by atoms with Crippen LogP contribution in [0.25, 0.3) is 11.3 Å². The van der Waals surface area contributed by atoms with Gasteiger partial charge in [0.25, 0.3) is 0 Å². The molecule has 1 aliphatic carbocycles. The van der Waals surface area contributed by atoms with Gasteiger partial charge in [-0.2, -0.15) is 0 Å². The van der Waals surface area contributed by atoms with E-state index in [1.54, 1.807) is 18.4 Å². The predicted octanol–water partition coefficient (Wildman–Crippen LogP) is 4.30. The Hall–Kier alpha value is -1.92. The first-order valence-electron chi connectivity index (χ1n) is 9.37. The first-order valence-corrected chi connectivity index (χ1v) is 10.3. The first kappa shape index (κ1) is 18.4. The molecule has 0 radical (unpaired) electrons. The van der Waals surface area contributed by atoms with Crippen LogP contribution in [-0.2, 0) is 9.53 Å². The third-order valence-electron chi connectivity index (χ3n) is 5.40. The number of carbonyl (C=O) groups excluding carboxylic acids is 1. The third-order valence-corrected chi connectivity index (χ3v) is 6.34. The molecule has 1 aromatic heterocycles. The Morgan fingerprint density at radius 1 is 1.30 bits per heavy atom. The van der Waals surface area contributed by atoms with Gasteiger partial charge in [-0.15, -0.1) is 11.3 Å². The fourth-order valence-corrected chi connectivity index (χ4v) is 4.50. The second-order valence-corrected chi connectivity index (χ2v) is 9.27. The highest BCUT2D eigenvalue weighted by molar-refractivity contribution is 7.10. The number of hydrogen-bond donors (Lipinski definition) is 0. The van der Waals surface area contributed by atoms with Crippen LogP contribution in [0.4, 0.5) is 0 Å². The van der Waals surface area contributed by atoms with Crippen LogP contribution < -0.4 is 4.74 Å². The number of benzene rings is 1. The summed E-state index contributed by atoms with van der Waals surface area (Å²) < 4.78 is 11.8. The van der Waals surface area contributed by atoms with Gasteiger partial charge in [0.15, 0.2) is 0 Å². The highest BCUT2D eigenvalue weighted by atomic mass is 32.1. The third kappa shape index (κ3) is 3.60. The number of para-hydroxylation sites is 1. The summed E-state index contributed by atoms with van der Waals surface area (Å²) in [6.07, 6.45) is 1.78. The lowest BCUT2D eigenvalue weighted by molar-refractivity contribution is -0.166. The van der Waals surface area contributed by atoms with Crippen LogP contribution in [0.15, 0.2) is 29.6 Å². The molecular formula is C21H26N2O3S.